The second kappa shape index (κ2) is 9.68. The molecule has 0 fully saturated rings. The minimum Gasteiger partial charge on any atom is -0.377 e. The average Bonchev–Trinajstić information content (AvgIpc) is 2.88. The Morgan fingerprint density at radius 1 is 0.853 bits per heavy atom. The topological polar surface area (TPSA) is 85.7 Å². The number of hydrogen-bond acceptors (Lipinski definition) is 5. The first-order chi connectivity index (χ1) is 16.5. The van der Waals surface area contributed by atoms with Crippen LogP contribution in [0.15, 0.2) is 95.4 Å². The molecule has 1 heterocycles. The number of aromatic nitrogens is 2. The van der Waals surface area contributed by atoms with Crippen molar-refractivity contribution in [2.24, 2.45) is 0 Å². The first kappa shape index (κ1) is 22.3. The zero-order valence-electron chi connectivity index (χ0n) is 18.8. The van der Waals surface area contributed by atoms with Crippen LogP contribution < -0.4 is 10.5 Å². The molecular formula is C28H21N5O. The van der Waals surface area contributed by atoms with Crippen LogP contribution in [-0.4, -0.2) is 23.9 Å². The van der Waals surface area contributed by atoms with Crippen LogP contribution in [-0.2, 0) is 0 Å². The quantitative estimate of drug-likeness (QED) is 0.402. The predicted octanol–water partition coefficient (Wildman–Crippen LogP) is 5.06. The summed E-state index contributed by atoms with van der Waals surface area (Å²) in [6.07, 6.45) is 3.20. The van der Waals surface area contributed by atoms with E-state index in [4.69, 9.17) is 0 Å². The third-order valence-corrected chi connectivity index (χ3v) is 5.43. The molecule has 6 heteroatoms. The van der Waals surface area contributed by atoms with Gasteiger partial charge in [-0.15, -0.1) is 0 Å². The van der Waals surface area contributed by atoms with Gasteiger partial charge in [-0.2, -0.15) is 20.3 Å². The molecule has 6 nitrogen and oxygen atoms in total. The number of benzene rings is 3. The molecule has 0 atom stereocenters. The zero-order valence-corrected chi connectivity index (χ0v) is 18.8. The van der Waals surface area contributed by atoms with E-state index < -0.39 is 0 Å². The highest BCUT2D eigenvalue weighted by Gasteiger charge is 2.20. The fourth-order valence-corrected chi connectivity index (χ4v) is 3.86. The third-order valence-electron chi connectivity index (χ3n) is 5.43. The molecule has 0 aliphatic carbocycles. The van der Waals surface area contributed by atoms with Crippen molar-refractivity contribution in [3.05, 3.63) is 107 Å². The van der Waals surface area contributed by atoms with E-state index in [1.54, 1.807) is 12.3 Å². The van der Waals surface area contributed by atoms with Gasteiger partial charge in [0.25, 0.3) is 5.56 Å². The van der Waals surface area contributed by atoms with E-state index in [-0.39, 0.29) is 11.1 Å². The van der Waals surface area contributed by atoms with Crippen molar-refractivity contribution in [2.75, 3.05) is 19.0 Å². The summed E-state index contributed by atoms with van der Waals surface area (Å²) in [5.41, 5.74) is 4.42. The van der Waals surface area contributed by atoms with Crippen molar-refractivity contribution in [1.29, 1.82) is 10.5 Å². The van der Waals surface area contributed by atoms with E-state index in [9.17, 15) is 15.3 Å². The summed E-state index contributed by atoms with van der Waals surface area (Å²) >= 11 is 0. The molecule has 0 saturated heterocycles. The van der Waals surface area contributed by atoms with Crippen LogP contribution in [0.3, 0.4) is 0 Å². The molecule has 0 radical (unpaired) electrons. The molecule has 1 aromatic heterocycles. The van der Waals surface area contributed by atoms with Crippen LogP contribution in [0.5, 0.6) is 0 Å². The van der Waals surface area contributed by atoms with Gasteiger partial charge in [-0.25, -0.2) is 0 Å². The second-order valence-electron chi connectivity index (χ2n) is 7.77. The number of allylic oxidation sites excluding steroid dienone is 1. The van der Waals surface area contributed by atoms with Crippen molar-refractivity contribution < 1.29 is 0 Å². The molecule has 4 rings (SSSR count). The SMILES string of the molecule is CN(C)c1ccccc1-c1cnn(-c2ccccc2)c(=O)c1-c1ccccc1C=C(C#N)C#N. The minimum absolute atomic E-state index is 0.0415. The maximum absolute atomic E-state index is 14.0. The molecule has 0 bridgehead atoms. The number of rotatable bonds is 5. The van der Waals surface area contributed by atoms with Crippen molar-refractivity contribution in [1.82, 2.24) is 9.78 Å². The van der Waals surface area contributed by atoms with Crippen LogP contribution in [0.2, 0.25) is 0 Å². The average molecular weight is 444 g/mol. The van der Waals surface area contributed by atoms with Crippen LogP contribution in [0.4, 0.5) is 5.69 Å². The molecule has 164 valence electrons. The van der Waals surface area contributed by atoms with E-state index in [1.165, 1.54) is 10.8 Å². The maximum atomic E-state index is 14.0. The Morgan fingerprint density at radius 3 is 2.15 bits per heavy atom. The lowest BCUT2D eigenvalue weighted by Gasteiger charge is -2.20. The Hall–Kier alpha value is -4.94. The fraction of sp³-hybridized carbons (Fsp3) is 0.0714. The Bertz CT molecular complexity index is 1500. The molecule has 4 aromatic rings. The molecule has 34 heavy (non-hydrogen) atoms. The van der Waals surface area contributed by atoms with Gasteiger partial charge in [-0.1, -0.05) is 60.7 Å². The summed E-state index contributed by atoms with van der Waals surface area (Å²) < 4.78 is 1.37. The summed E-state index contributed by atoms with van der Waals surface area (Å²) in [7, 11) is 3.89. The first-order valence-electron chi connectivity index (χ1n) is 10.6. The van der Waals surface area contributed by atoms with E-state index in [0.717, 1.165) is 11.3 Å². The van der Waals surface area contributed by atoms with Crippen molar-refractivity contribution in [3.63, 3.8) is 0 Å². The van der Waals surface area contributed by atoms with Gasteiger partial charge in [0.05, 0.1) is 17.4 Å². The van der Waals surface area contributed by atoms with E-state index in [2.05, 4.69) is 5.10 Å². The highest BCUT2D eigenvalue weighted by molar-refractivity contribution is 5.91. The summed E-state index contributed by atoms with van der Waals surface area (Å²) in [5, 5.41) is 23.1. The number of nitrogens with zero attached hydrogens (tertiary/aromatic N) is 5. The maximum Gasteiger partial charge on any atom is 0.280 e. The predicted molar refractivity (Wildman–Crippen MR) is 134 cm³/mol. The molecule has 0 spiro atoms. The van der Waals surface area contributed by atoms with Gasteiger partial charge in [-0.3, -0.25) is 4.79 Å². The summed E-state index contributed by atoms with van der Waals surface area (Å²) in [5.74, 6) is 0. The molecule has 0 aliphatic heterocycles. The summed E-state index contributed by atoms with van der Waals surface area (Å²) in [6, 6.07) is 28.1. The minimum atomic E-state index is -0.298. The van der Waals surface area contributed by atoms with Crippen molar-refractivity contribution in [3.8, 4) is 40.1 Å². The largest absolute Gasteiger partial charge is 0.377 e. The lowest BCUT2D eigenvalue weighted by atomic mass is 9.92. The third kappa shape index (κ3) is 4.21. The standard InChI is InChI=1S/C28H21N5O/c1-32(2)26-15-9-8-14-24(26)25-19-31-33(22-11-4-3-5-12-22)28(34)27(25)23-13-7-6-10-21(23)16-20(17-29)18-30/h3-16,19H,1-2H3. The second-order valence-corrected chi connectivity index (χ2v) is 7.77. The number of anilines is 1. The molecular weight excluding hydrogens is 422 g/mol. The Morgan fingerprint density at radius 2 is 1.47 bits per heavy atom. The Kier molecular flexibility index (Phi) is 6.34. The highest BCUT2D eigenvalue weighted by atomic mass is 16.1. The van der Waals surface area contributed by atoms with Crippen LogP contribution in [0, 0.1) is 22.7 Å². The molecule has 0 aliphatic rings. The number of nitriles is 2. The molecule has 0 saturated carbocycles. The number of para-hydroxylation sites is 2. The molecule has 0 unspecified atom stereocenters. The lowest BCUT2D eigenvalue weighted by molar-refractivity contribution is 0.811. The van der Waals surface area contributed by atoms with Gasteiger partial charge in [-0.05, 0) is 35.4 Å². The van der Waals surface area contributed by atoms with E-state index in [1.807, 2.05) is 104 Å². The van der Waals surface area contributed by atoms with E-state index >= 15 is 0 Å². The van der Waals surface area contributed by atoms with Crippen LogP contribution in [0.1, 0.15) is 5.56 Å². The summed E-state index contributed by atoms with van der Waals surface area (Å²) in [6.45, 7) is 0. The van der Waals surface area contributed by atoms with Gasteiger partial charge in [0.2, 0.25) is 0 Å². The van der Waals surface area contributed by atoms with E-state index in [0.29, 0.717) is 27.9 Å². The van der Waals surface area contributed by atoms with Crippen LogP contribution >= 0.6 is 0 Å². The first-order valence-corrected chi connectivity index (χ1v) is 10.6. The monoisotopic (exact) mass is 443 g/mol. The highest BCUT2D eigenvalue weighted by Crippen LogP contribution is 2.36. The normalized spacial score (nSPS) is 10.1. The Labute approximate surface area is 197 Å². The van der Waals surface area contributed by atoms with Crippen LogP contribution in [0.25, 0.3) is 34.0 Å². The molecule has 3 aromatic carbocycles. The molecule has 0 amide bonds. The zero-order chi connectivity index (χ0) is 24.1. The number of hydrogen-bond donors (Lipinski definition) is 0. The summed E-state index contributed by atoms with van der Waals surface area (Å²) in [4.78, 5) is 15.9. The van der Waals surface area contributed by atoms with Gasteiger partial charge in [0, 0.05) is 30.9 Å². The smallest absolute Gasteiger partial charge is 0.280 e. The van der Waals surface area contributed by atoms with Gasteiger partial charge in [0.15, 0.2) is 0 Å². The Balaban J connectivity index is 2.10. The van der Waals surface area contributed by atoms with Crippen molar-refractivity contribution >= 4 is 11.8 Å². The van der Waals surface area contributed by atoms with Gasteiger partial charge < -0.3 is 4.90 Å². The van der Waals surface area contributed by atoms with Crippen molar-refractivity contribution in [2.45, 2.75) is 0 Å². The van der Waals surface area contributed by atoms with Gasteiger partial charge in [0.1, 0.15) is 17.7 Å². The lowest BCUT2D eigenvalue weighted by Crippen LogP contribution is -2.24. The molecule has 0 N–H and O–H groups in total. The van der Waals surface area contributed by atoms with Gasteiger partial charge >= 0.3 is 0 Å². The fourth-order valence-electron chi connectivity index (χ4n) is 3.86.